The number of hydrogen-bond donors (Lipinski definition) is 1. The van der Waals surface area contributed by atoms with Crippen molar-refractivity contribution >= 4 is 40.7 Å². The third-order valence-corrected chi connectivity index (χ3v) is 2.87. The Hall–Kier alpha value is -1.13. The summed E-state index contributed by atoms with van der Waals surface area (Å²) in [4.78, 5) is 13.6. The molecule has 1 rings (SSSR count). The number of carbonyl (C=O) groups excluding carboxylic acids is 1. The lowest BCUT2D eigenvalue weighted by Crippen LogP contribution is -2.27. The van der Waals surface area contributed by atoms with E-state index in [0.717, 1.165) is 18.8 Å². The Morgan fingerprint density at radius 3 is 2.20 bits per heavy atom. The molecule has 0 saturated carbocycles. The molecule has 0 aliphatic heterocycles. The van der Waals surface area contributed by atoms with E-state index in [4.69, 9.17) is 27.9 Å². The fourth-order valence-electron chi connectivity index (χ4n) is 1.69. The van der Waals surface area contributed by atoms with Crippen molar-refractivity contribution in [3.8, 4) is 0 Å². The smallest absolute Gasteiger partial charge is 0.411 e. The highest BCUT2D eigenvalue weighted by molar-refractivity contribution is 6.18. The van der Waals surface area contributed by atoms with Gasteiger partial charge in [0.2, 0.25) is 0 Å². The Labute approximate surface area is 130 Å². The number of rotatable bonds is 7. The molecule has 0 spiro atoms. The van der Waals surface area contributed by atoms with Gasteiger partial charge in [0.1, 0.15) is 0 Å². The lowest BCUT2D eigenvalue weighted by Gasteiger charge is -2.23. The van der Waals surface area contributed by atoms with Crippen molar-refractivity contribution in [2.45, 2.75) is 20.0 Å². The van der Waals surface area contributed by atoms with Crippen molar-refractivity contribution in [3.05, 3.63) is 24.3 Å². The number of carbonyl (C=O) groups is 1. The molecule has 1 N–H and O–H groups in total. The molecule has 0 unspecified atom stereocenters. The van der Waals surface area contributed by atoms with E-state index in [-0.39, 0.29) is 6.10 Å². The number of hydrogen-bond acceptors (Lipinski definition) is 3. The van der Waals surface area contributed by atoms with Gasteiger partial charge in [-0.05, 0) is 38.1 Å². The van der Waals surface area contributed by atoms with E-state index >= 15 is 0 Å². The van der Waals surface area contributed by atoms with Crippen molar-refractivity contribution < 1.29 is 9.53 Å². The number of amides is 1. The summed E-state index contributed by atoms with van der Waals surface area (Å²) in [5, 5.41) is 2.67. The maximum Gasteiger partial charge on any atom is 0.411 e. The van der Waals surface area contributed by atoms with Gasteiger partial charge in [-0.2, -0.15) is 0 Å². The minimum absolute atomic E-state index is 0.141. The van der Waals surface area contributed by atoms with E-state index in [9.17, 15) is 4.79 Å². The molecule has 0 radical (unpaired) electrons. The number of alkyl halides is 2. The highest BCUT2D eigenvalue weighted by Gasteiger charge is 2.08. The molecule has 20 heavy (non-hydrogen) atoms. The molecular formula is C14H20Cl2N2O2. The summed E-state index contributed by atoms with van der Waals surface area (Å²) in [5.41, 5.74) is 1.71. The van der Waals surface area contributed by atoms with Gasteiger partial charge in [-0.1, -0.05) is 0 Å². The third-order valence-electron chi connectivity index (χ3n) is 2.53. The number of nitrogens with one attached hydrogen (secondary N) is 1. The van der Waals surface area contributed by atoms with E-state index in [1.54, 1.807) is 13.8 Å². The summed E-state index contributed by atoms with van der Waals surface area (Å²) in [6.45, 7) is 5.07. The molecule has 0 heterocycles. The number of nitrogens with zero attached hydrogens (tertiary/aromatic N) is 1. The average Bonchev–Trinajstić information content (AvgIpc) is 2.38. The Kier molecular flexibility index (Phi) is 7.55. The van der Waals surface area contributed by atoms with E-state index in [2.05, 4.69) is 10.2 Å². The molecule has 0 aliphatic carbocycles. The summed E-state index contributed by atoms with van der Waals surface area (Å²) >= 11 is 11.5. The van der Waals surface area contributed by atoms with E-state index in [1.165, 1.54) is 0 Å². The van der Waals surface area contributed by atoms with Gasteiger partial charge in [-0.25, -0.2) is 4.79 Å². The van der Waals surface area contributed by atoms with Crippen LogP contribution in [0, 0.1) is 0 Å². The van der Waals surface area contributed by atoms with E-state index in [1.807, 2.05) is 24.3 Å². The lowest BCUT2D eigenvalue weighted by atomic mass is 10.2. The highest BCUT2D eigenvalue weighted by Crippen LogP contribution is 2.18. The van der Waals surface area contributed by atoms with Crippen molar-refractivity contribution in [1.82, 2.24) is 0 Å². The topological polar surface area (TPSA) is 41.6 Å². The zero-order valence-electron chi connectivity index (χ0n) is 11.7. The summed E-state index contributed by atoms with van der Waals surface area (Å²) < 4.78 is 5.01. The van der Waals surface area contributed by atoms with Gasteiger partial charge < -0.3 is 9.64 Å². The highest BCUT2D eigenvalue weighted by atomic mass is 35.5. The molecule has 0 saturated heterocycles. The molecule has 6 heteroatoms. The summed E-state index contributed by atoms with van der Waals surface area (Å²) in [6, 6.07) is 7.49. The minimum atomic E-state index is -0.453. The largest absolute Gasteiger partial charge is 0.447 e. The van der Waals surface area contributed by atoms with Crippen LogP contribution in [0.25, 0.3) is 0 Å². The van der Waals surface area contributed by atoms with Crippen LogP contribution in [-0.2, 0) is 4.74 Å². The third kappa shape index (κ3) is 5.88. The SMILES string of the molecule is CC(C)OC(=O)Nc1ccc(N(CCCl)CCCl)cc1. The van der Waals surface area contributed by atoms with Gasteiger partial charge in [0.15, 0.2) is 0 Å². The molecule has 112 valence electrons. The second kappa shape index (κ2) is 8.93. The second-order valence-corrected chi connectivity index (χ2v) is 5.25. The molecule has 0 aromatic heterocycles. The quantitative estimate of drug-likeness (QED) is 0.774. The molecule has 1 aromatic carbocycles. The van der Waals surface area contributed by atoms with Crippen LogP contribution < -0.4 is 10.2 Å². The van der Waals surface area contributed by atoms with Crippen molar-refractivity contribution in [2.75, 3.05) is 35.1 Å². The predicted octanol–water partition coefficient (Wildman–Crippen LogP) is 3.93. The molecular weight excluding hydrogens is 299 g/mol. The van der Waals surface area contributed by atoms with Crippen LogP contribution in [0.2, 0.25) is 0 Å². The standard InChI is InChI=1S/C14H20Cl2N2O2/c1-11(2)20-14(19)17-12-3-5-13(6-4-12)18(9-7-15)10-8-16/h3-6,11H,7-10H2,1-2H3,(H,17,19). The van der Waals surface area contributed by atoms with Crippen LogP contribution in [0.3, 0.4) is 0 Å². The fraction of sp³-hybridized carbons (Fsp3) is 0.500. The Morgan fingerprint density at radius 1 is 1.20 bits per heavy atom. The molecule has 0 fully saturated rings. The Bertz CT molecular complexity index is 404. The fourth-order valence-corrected chi connectivity index (χ4v) is 2.10. The van der Waals surface area contributed by atoms with Crippen LogP contribution in [0.5, 0.6) is 0 Å². The van der Waals surface area contributed by atoms with Crippen LogP contribution in [0.1, 0.15) is 13.8 Å². The first kappa shape index (κ1) is 16.9. The number of benzene rings is 1. The maximum absolute atomic E-state index is 11.5. The van der Waals surface area contributed by atoms with Gasteiger partial charge in [0.25, 0.3) is 0 Å². The number of ether oxygens (including phenoxy) is 1. The predicted molar refractivity (Wildman–Crippen MR) is 85.3 cm³/mol. The summed E-state index contributed by atoms with van der Waals surface area (Å²) in [7, 11) is 0. The Morgan fingerprint density at radius 2 is 1.75 bits per heavy atom. The summed E-state index contributed by atoms with van der Waals surface area (Å²) in [5.74, 6) is 1.08. The lowest BCUT2D eigenvalue weighted by molar-refractivity contribution is 0.130. The van der Waals surface area contributed by atoms with Crippen LogP contribution in [0.4, 0.5) is 16.2 Å². The maximum atomic E-state index is 11.5. The second-order valence-electron chi connectivity index (χ2n) is 4.49. The average molecular weight is 319 g/mol. The number of halogens is 2. The molecule has 0 aliphatic rings. The normalized spacial score (nSPS) is 10.4. The van der Waals surface area contributed by atoms with Crippen molar-refractivity contribution in [2.24, 2.45) is 0 Å². The van der Waals surface area contributed by atoms with Gasteiger partial charge in [0.05, 0.1) is 6.10 Å². The molecule has 0 bridgehead atoms. The van der Waals surface area contributed by atoms with Gasteiger partial charge in [-0.15, -0.1) is 23.2 Å². The molecule has 4 nitrogen and oxygen atoms in total. The van der Waals surface area contributed by atoms with Gasteiger partial charge >= 0.3 is 6.09 Å². The Balaban J connectivity index is 2.64. The van der Waals surface area contributed by atoms with Crippen LogP contribution in [0.15, 0.2) is 24.3 Å². The summed E-state index contributed by atoms with van der Waals surface area (Å²) in [6.07, 6.45) is -0.594. The van der Waals surface area contributed by atoms with Gasteiger partial charge in [0, 0.05) is 36.2 Å². The minimum Gasteiger partial charge on any atom is -0.447 e. The van der Waals surface area contributed by atoms with Gasteiger partial charge in [-0.3, -0.25) is 5.32 Å². The van der Waals surface area contributed by atoms with Crippen molar-refractivity contribution in [3.63, 3.8) is 0 Å². The molecule has 1 amide bonds. The molecule has 1 aromatic rings. The molecule has 0 atom stereocenters. The zero-order valence-corrected chi connectivity index (χ0v) is 13.2. The first-order valence-electron chi connectivity index (χ1n) is 6.51. The van der Waals surface area contributed by atoms with E-state index in [0.29, 0.717) is 17.4 Å². The van der Waals surface area contributed by atoms with Crippen LogP contribution >= 0.6 is 23.2 Å². The first-order chi connectivity index (χ1) is 9.56. The van der Waals surface area contributed by atoms with Crippen molar-refractivity contribution in [1.29, 1.82) is 0 Å². The monoisotopic (exact) mass is 318 g/mol. The first-order valence-corrected chi connectivity index (χ1v) is 7.58. The van der Waals surface area contributed by atoms with E-state index < -0.39 is 6.09 Å². The number of anilines is 2. The van der Waals surface area contributed by atoms with Crippen LogP contribution in [-0.4, -0.2) is 37.0 Å². The zero-order chi connectivity index (χ0) is 15.0.